The molecule has 146 valence electrons. The van der Waals surface area contributed by atoms with E-state index in [0.717, 1.165) is 23.2 Å². The third-order valence-corrected chi connectivity index (χ3v) is 5.56. The van der Waals surface area contributed by atoms with Crippen LogP contribution in [-0.2, 0) is 22.9 Å². The summed E-state index contributed by atoms with van der Waals surface area (Å²) in [5, 5.41) is 5.20. The van der Waals surface area contributed by atoms with Crippen LogP contribution >= 0.6 is 0 Å². The average molecular weight is 404 g/mol. The lowest BCUT2D eigenvalue weighted by atomic mass is 10.1. The fourth-order valence-electron chi connectivity index (χ4n) is 3.15. The SMILES string of the molecule is NS(=O)(=O)c1ccc(-c2oc(CCc3ccccc3)nc2-c2ccccc2)cc1. The Balaban J connectivity index is 1.70. The summed E-state index contributed by atoms with van der Waals surface area (Å²) in [5.41, 5.74) is 3.63. The number of nitrogens with two attached hydrogens (primary N) is 1. The normalized spacial score (nSPS) is 11.5. The summed E-state index contributed by atoms with van der Waals surface area (Å²) in [6, 6.07) is 26.3. The van der Waals surface area contributed by atoms with Gasteiger partial charge in [-0.15, -0.1) is 0 Å². The minimum Gasteiger partial charge on any atom is -0.440 e. The molecule has 0 saturated carbocycles. The van der Waals surface area contributed by atoms with Crippen LogP contribution in [0.1, 0.15) is 11.5 Å². The molecule has 4 rings (SSSR count). The lowest BCUT2D eigenvalue weighted by Crippen LogP contribution is -2.11. The number of nitrogens with zero attached hydrogens (tertiary/aromatic N) is 1. The van der Waals surface area contributed by atoms with Crippen molar-refractivity contribution in [2.24, 2.45) is 5.14 Å². The Labute approximate surface area is 169 Å². The topological polar surface area (TPSA) is 86.2 Å². The third kappa shape index (κ3) is 4.45. The molecule has 1 heterocycles. The zero-order valence-electron chi connectivity index (χ0n) is 15.7. The van der Waals surface area contributed by atoms with Gasteiger partial charge in [0, 0.05) is 17.5 Å². The highest BCUT2D eigenvalue weighted by Gasteiger charge is 2.18. The second-order valence-corrected chi connectivity index (χ2v) is 8.27. The van der Waals surface area contributed by atoms with Gasteiger partial charge in [0.1, 0.15) is 5.69 Å². The molecule has 0 aliphatic rings. The lowest BCUT2D eigenvalue weighted by molar-refractivity contribution is 0.505. The molecule has 29 heavy (non-hydrogen) atoms. The largest absolute Gasteiger partial charge is 0.440 e. The highest BCUT2D eigenvalue weighted by atomic mass is 32.2. The molecule has 0 aliphatic carbocycles. The summed E-state index contributed by atoms with van der Waals surface area (Å²) in [7, 11) is -3.74. The van der Waals surface area contributed by atoms with Gasteiger partial charge in [-0.05, 0) is 36.2 Å². The maximum absolute atomic E-state index is 11.5. The number of hydrogen-bond acceptors (Lipinski definition) is 4. The number of benzene rings is 3. The number of aromatic nitrogens is 1. The van der Waals surface area contributed by atoms with Gasteiger partial charge < -0.3 is 4.42 Å². The highest BCUT2D eigenvalue weighted by molar-refractivity contribution is 7.89. The summed E-state index contributed by atoms with van der Waals surface area (Å²) in [6.45, 7) is 0. The summed E-state index contributed by atoms with van der Waals surface area (Å²) in [4.78, 5) is 4.79. The fraction of sp³-hybridized carbons (Fsp3) is 0.0870. The van der Waals surface area contributed by atoms with E-state index >= 15 is 0 Å². The van der Waals surface area contributed by atoms with Gasteiger partial charge in [0.05, 0.1) is 4.90 Å². The van der Waals surface area contributed by atoms with Crippen LogP contribution < -0.4 is 5.14 Å². The first-order valence-corrected chi connectivity index (χ1v) is 10.8. The van der Waals surface area contributed by atoms with E-state index in [0.29, 0.717) is 18.1 Å². The van der Waals surface area contributed by atoms with Gasteiger partial charge in [0.2, 0.25) is 10.0 Å². The van der Waals surface area contributed by atoms with E-state index in [1.807, 2.05) is 48.5 Å². The summed E-state index contributed by atoms with van der Waals surface area (Å²) < 4.78 is 29.2. The van der Waals surface area contributed by atoms with Crippen molar-refractivity contribution in [3.8, 4) is 22.6 Å². The fourth-order valence-corrected chi connectivity index (χ4v) is 3.67. The molecule has 1 aromatic heterocycles. The average Bonchev–Trinajstić information content (AvgIpc) is 3.17. The Hall–Kier alpha value is -3.22. The Kier molecular flexibility index (Phi) is 5.29. The molecule has 0 radical (unpaired) electrons. The van der Waals surface area contributed by atoms with Crippen molar-refractivity contribution in [3.63, 3.8) is 0 Å². The van der Waals surface area contributed by atoms with Gasteiger partial charge >= 0.3 is 0 Å². The van der Waals surface area contributed by atoms with Crippen LogP contribution in [-0.4, -0.2) is 13.4 Å². The van der Waals surface area contributed by atoms with Crippen molar-refractivity contribution in [3.05, 3.63) is 96.4 Å². The molecule has 3 aromatic carbocycles. The number of primary sulfonamides is 1. The quantitative estimate of drug-likeness (QED) is 0.515. The summed E-state index contributed by atoms with van der Waals surface area (Å²) in [5.74, 6) is 1.25. The molecule has 0 amide bonds. The molecule has 0 unspecified atom stereocenters. The number of aryl methyl sites for hydroxylation is 2. The monoisotopic (exact) mass is 404 g/mol. The van der Waals surface area contributed by atoms with Crippen LogP contribution in [0.2, 0.25) is 0 Å². The number of rotatable bonds is 6. The highest BCUT2D eigenvalue weighted by Crippen LogP contribution is 2.33. The molecule has 0 aliphatic heterocycles. The van der Waals surface area contributed by atoms with Gasteiger partial charge in [0.25, 0.3) is 0 Å². The van der Waals surface area contributed by atoms with Crippen LogP contribution in [0.15, 0.2) is 94.2 Å². The van der Waals surface area contributed by atoms with Crippen molar-refractivity contribution in [1.82, 2.24) is 4.98 Å². The van der Waals surface area contributed by atoms with Crippen molar-refractivity contribution < 1.29 is 12.8 Å². The van der Waals surface area contributed by atoms with Gasteiger partial charge in [-0.25, -0.2) is 18.5 Å². The Morgan fingerprint density at radius 1 is 0.759 bits per heavy atom. The molecule has 0 spiro atoms. The predicted molar refractivity (Wildman–Crippen MR) is 113 cm³/mol. The van der Waals surface area contributed by atoms with Crippen LogP contribution in [0.4, 0.5) is 0 Å². The zero-order valence-corrected chi connectivity index (χ0v) is 16.5. The smallest absolute Gasteiger partial charge is 0.238 e. The zero-order chi connectivity index (χ0) is 20.3. The van der Waals surface area contributed by atoms with Crippen LogP contribution in [0.25, 0.3) is 22.6 Å². The molecular formula is C23H20N2O3S. The maximum Gasteiger partial charge on any atom is 0.238 e. The molecule has 0 saturated heterocycles. The Morgan fingerprint density at radius 2 is 1.38 bits per heavy atom. The van der Waals surface area contributed by atoms with Gasteiger partial charge in [-0.2, -0.15) is 0 Å². The molecule has 0 fully saturated rings. The maximum atomic E-state index is 11.5. The van der Waals surface area contributed by atoms with Crippen molar-refractivity contribution in [1.29, 1.82) is 0 Å². The van der Waals surface area contributed by atoms with Gasteiger partial charge in [-0.3, -0.25) is 0 Å². The molecule has 5 nitrogen and oxygen atoms in total. The molecule has 0 bridgehead atoms. The summed E-state index contributed by atoms with van der Waals surface area (Å²) >= 11 is 0. The first-order chi connectivity index (χ1) is 14.0. The van der Waals surface area contributed by atoms with E-state index in [-0.39, 0.29) is 4.90 Å². The first-order valence-electron chi connectivity index (χ1n) is 9.23. The molecule has 0 atom stereocenters. The third-order valence-electron chi connectivity index (χ3n) is 4.63. The van der Waals surface area contributed by atoms with Gasteiger partial charge in [-0.1, -0.05) is 60.7 Å². The minimum atomic E-state index is -3.74. The van der Waals surface area contributed by atoms with E-state index in [2.05, 4.69) is 12.1 Å². The molecule has 4 aromatic rings. The lowest BCUT2D eigenvalue weighted by Gasteiger charge is -2.03. The van der Waals surface area contributed by atoms with E-state index in [1.54, 1.807) is 12.1 Å². The number of hydrogen-bond donors (Lipinski definition) is 1. The molecule has 2 N–H and O–H groups in total. The van der Waals surface area contributed by atoms with E-state index in [9.17, 15) is 8.42 Å². The summed E-state index contributed by atoms with van der Waals surface area (Å²) in [6.07, 6.45) is 1.48. The minimum absolute atomic E-state index is 0.0614. The second kappa shape index (κ2) is 8.03. The van der Waals surface area contributed by atoms with Crippen LogP contribution in [0, 0.1) is 0 Å². The molecular weight excluding hydrogens is 384 g/mol. The Morgan fingerprint density at radius 3 is 2.00 bits per heavy atom. The van der Waals surface area contributed by atoms with Crippen LogP contribution in [0.5, 0.6) is 0 Å². The van der Waals surface area contributed by atoms with Gasteiger partial charge in [0.15, 0.2) is 11.7 Å². The number of sulfonamides is 1. The van der Waals surface area contributed by atoms with Crippen molar-refractivity contribution in [2.45, 2.75) is 17.7 Å². The van der Waals surface area contributed by atoms with E-state index in [4.69, 9.17) is 14.5 Å². The first kappa shape index (κ1) is 19.1. The standard InChI is InChI=1S/C23H20N2O3S/c24-29(26,27)20-14-12-19(13-15-20)23-22(18-9-5-2-6-10-18)25-21(28-23)16-11-17-7-3-1-4-8-17/h1-10,12-15H,11,16H2,(H2,24,26,27). The number of oxazole rings is 1. The van der Waals surface area contributed by atoms with E-state index in [1.165, 1.54) is 17.7 Å². The van der Waals surface area contributed by atoms with E-state index < -0.39 is 10.0 Å². The second-order valence-electron chi connectivity index (χ2n) is 6.71. The van der Waals surface area contributed by atoms with Crippen molar-refractivity contribution >= 4 is 10.0 Å². The molecule has 6 heteroatoms. The van der Waals surface area contributed by atoms with Crippen molar-refractivity contribution in [2.75, 3.05) is 0 Å². The Bertz CT molecular complexity index is 1200. The predicted octanol–water partition coefficient (Wildman–Crippen LogP) is 4.44. The van der Waals surface area contributed by atoms with Crippen LogP contribution in [0.3, 0.4) is 0 Å².